The highest BCUT2D eigenvalue weighted by Crippen LogP contribution is 2.17. The number of ether oxygens (including phenoxy) is 2. The average molecular weight is 199 g/mol. The molecule has 0 saturated carbocycles. The highest BCUT2D eigenvalue weighted by Gasteiger charge is 1.98. The topological polar surface area (TPSA) is 44.5 Å². The van der Waals surface area contributed by atoms with Crippen LogP contribution >= 0.6 is 0 Å². The lowest BCUT2D eigenvalue weighted by Gasteiger charge is -2.06. The third-order valence-corrected chi connectivity index (χ3v) is 1.66. The summed E-state index contributed by atoms with van der Waals surface area (Å²) in [4.78, 5) is 0. The molecule has 14 heavy (non-hydrogen) atoms. The van der Waals surface area contributed by atoms with Crippen LogP contribution in [0.2, 0.25) is 0 Å². The van der Waals surface area contributed by atoms with Crippen molar-refractivity contribution >= 4 is 5.69 Å². The fourth-order valence-corrected chi connectivity index (χ4v) is 1.06. The molecule has 0 saturated heterocycles. The Morgan fingerprint density at radius 2 is 2.07 bits per heavy atom. The van der Waals surface area contributed by atoms with Crippen molar-refractivity contribution in [3.8, 4) is 5.75 Å². The molecule has 3 nitrogen and oxygen atoms in total. The molecule has 0 aliphatic heterocycles. The van der Waals surface area contributed by atoms with E-state index in [2.05, 4.69) is 0 Å². The van der Waals surface area contributed by atoms with Gasteiger partial charge < -0.3 is 15.2 Å². The van der Waals surface area contributed by atoms with Gasteiger partial charge in [-0.3, -0.25) is 0 Å². The van der Waals surface area contributed by atoms with Crippen LogP contribution in [0.15, 0.2) is 18.2 Å². The van der Waals surface area contributed by atoms with Crippen molar-refractivity contribution in [1.29, 1.82) is 0 Å². The normalized spacial score (nSPS) is 10.1. The van der Waals surface area contributed by atoms with Crippen LogP contribution in [0.25, 0.3) is 0 Å². The number of benzene rings is 1. The zero-order chi connectivity index (χ0) is 10.4. The molecule has 0 bridgehead atoms. The van der Waals surface area contributed by atoms with Gasteiger partial charge >= 0.3 is 0 Å². The van der Waals surface area contributed by atoms with Gasteiger partial charge in [-0.2, -0.15) is 0 Å². The highest BCUT2D eigenvalue weighted by molar-refractivity contribution is 5.44. The number of nitrogen functional groups attached to an aromatic ring is 1. The van der Waals surface area contributed by atoms with Crippen molar-refractivity contribution in [2.75, 3.05) is 26.1 Å². The first-order valence-electron chi connectivity index (χ1n) is 4.40. The van der Waals surface area contributed by atoms with Gasteiger partial charge in [-0.25, -0.2) is 4.39 Å². The van der Waals surface area contributed by atoms with E-state index in [-0.39, 0.29) is 5.82 Å². The molecular weight excluding hydrogens is 185 g/mol. The van der Waals surface area contributed by atoms with Crippen LogP contribution in [-0.2, 0) is 4.74 Å². The van der Waals surface area contributed by atoms with Crippen LogP contribution in [0, 0.1) is 5.82 Å². The van der Waals surface area contributed by atoms with E-state index in [0.29, 0.717) is 24.7 Å². The van der Waals surface area contributed by atoms with Crippen LogP contribution in [-0.4, -0.2) is 20.3 Å². The van der Waals surface area contributed by atoms with Crippen LogP contribution in [0.4, 0.5) is 10.1 Å². The quantitative estimate of drug-likeness (QED) is 0.581. The van der Waals surface area contributed by atoms with E-state index < -0.39 is 0 Å². The predicted molar refractivity (Wildman–Crippen MR) is 52.8 cm³/mol. The molecule has 0 aliphatic rings. The summed E-state index contributed by atoms with van der Waals surface area (Å²) in [6, 6.07) is 4.15. The summed E-state index contributed by atoms with van der Waals surface area (Å²) in [6.45, 7) is 1.13. The van der Waals surface area contributed by atoms with Crippen LogP contribution in [0.1, 0.15) is 6.42 Å². The van der Waals surface area contributed by atoms with Crippen LogP contribution < -0.4 is 10.5 Å². The first kappa shape index (κ1) is 10.8. The zero-order valence-corrected chi connectivity index (χ0v) is 8.13. The van der Waals surface area contributed by atoms with Gasteiger partial charge in [0, 0.05) is 38.0 Å². The fourth-order valence-electron chi connectivity index (χ4n) is 1.06. The van der Waals surface area contributed by atoms with Gasteiger partial charge in [0.25, 0.3) is 0 Å². The van der Waals surface area contributed by atoms with Crippen LogP contribution in [0.5, 0.6) is 5.75 Å². The van der Waals surface area contributed by atoms with E-state index in [0.717, 1.165) is 6.42 Å². The summed E-state index contributed by atoms with van der Waals surface area (Å²) in [5.41, 5.74) is 5.81. The maximum absolute atomic E-state index is 12.8. The molecule has 0 spiro atoms. The summed E-state index contributed by atoms with van der Waals surface area (Å²) in [5, 5.41) is 0. The van der Waals surface area contributed by atoms with Crippen molar-refractivity contribution in [2.24, 2.45) is 0 Å². The number of hydrogen-bond acceptors (Lipinski definition) is 3. The second kappa shape index (κ2) is 5.44. The highest BCUT2D eigenvalue weighted by atomic mass is 19.1. The van der Waals surface area contributed by atoms with E-state index in [1.807, 2.05) is 0 Å². The minimum absolute atomic E-state index is 0.367. The van der Waals surface area contributed by atoms with Crippen molar-refractivity contribution < 1.29 is 13.9 Å². The molecule has 1 aromatic carbocycles. The summed E-state index contributed by atoms with van der Waals surface area (Å²) in [6.07, 6.45) is 0.771. The lowest BCUT2D eigenvalue weighted by Crippen LogP contribution is -2.02. The van der Waals surface area contributed by atoms with Gasteiger partial charge in [-0.15, -0.1) is 0 Å². The zero-order valence-electron chi connectivity index (χ0n) is 8.13. The number of hydrogen-bond donors (Lipinski definition) is 1. The summed E-state index contributed by atoms with van der Waals surface area (Å²) in [7, 11) is 1.63. The lowest BCUT2D eigenvalue weighted by atomic mass is 10.3. The Balaban J connectivity index is 2.42. The number of anilines is 1. The van der Waals surface area contributed by atoms with Crippen molar-refractivity contribution in [2.45, 2.75) is 6.42 Å². The van der Waals surface area contributed by atoms with Crippen LogP contribution in [0.3, 0.4) is 0 Å². The van der Waals surface area contributed by atoms with E-state index in [9.17, 15) is 4.39 Å². The predicted octanol–water partition coefficient (Wildman–Crippen LogP) is 1.82. The molecule has 0 amide bonds. The summed E-state index contributed by atoms with van der Waals surface area (Å²) in [5.74, 6) is 0.0744. The second-order valence-corrected chi connectivity index (χ2v) is 2.92. The number of methoxy groups -OCH3 is 1. The molecule has 4 heteroatoms. The molecular formula is C10H14FNO2. The van der Waals surface area contributed by atoms with Crippen molar-refractivity contribution in [3.05, 3.63) is 24.0 Å². The van der Waals surface area contributed by atoms with Gasteiger partial charge in [0.1, 0.15) is 11.6 Å². The summed E-state index contributed by atoms with van der Waals surface area (Å²) < 4.78 is 22.9. The first-order chi connectivity index (χ1) is 6.72. The minimum atomic E-state index is -0.383. The molecule has 0 unspecified atom stereocenters. The molecule has 0 aromatic heterocycles. The number of nitrogens with two attached hydrogens (primary N) is 1. The van der Waals surface area contributed by atoms with Crippen molar-refractivity contribution in [3.63, 3.8) is 0 Å². The average Bonchev–Trinajstić information content (AvgIpc) is 2.11. The second-order valence-electron chi connectivity index (χ2n) is 2.92. The largest absolute Gasteiger partial charge is 0.493 e. The molecule has 0 radical (unpaired) electrons. The maximum atomic E-state index is 12.8. The summed E-state index contributed by atoms with van der Waals surface area (Å²) >= 11 is 0. The molecule has 0 fully saturated rings. The third-order valence-electron chi connectivity index (χ3n) is 1.66. The lowest BCUT2D eigenvalue weighted by molar-refractivity contribution is 0.172. The molecule has 0 atom stereocenters. The Kier molecular flexibility index (Phi) is 4.19. The van der Waals surface area contributed by atoms with Gasteiger partial charge in [0.2, 0.25) is 0 Å². The maximum Gasteiger partial charge on any atom is 0.128 e. The Bertz CT molecular complexity index is 271. The number of rotatable bonds is 5. The van der Waals surface area contributed by atoms with Gasteiger partial charge in [0.05, 0.1) is 6.61 Å². The molecule has 0 aliphatic carbocycles. The molecule has 0 heterocycles. The Morgan fingerprint density at radius 1 is 1.29 bits per heavy atom. The standard InChI is InChI=1S/C10H14FNO2/c1-13-3-2-4-14-10-6-8(11)5-9(12)7-10/h5-7H,2-4,12H2,1H3. The SMILES string of the molecule is COCCCOc1cc(N)cc(F)c1. The van der Waals surface area contributed by atoms with Gasteiger partial charge in [0.15, 0.2) is 0 Å². The molecule has 1 rings (SSSR count). The monoisotopic (exact) mass is 199 g/mol. The minimum Gasteiger partial charge on any atom is -0.493 e. The van der Waals surface area contributed by atoms with E-state index >= 15 is 0 Å². The third kappa shape index (κ3) is 3.62. The first-order valence-corrected chi connectivity index (χ1v) is 4.40. The Morgan fingerprint density at radius 3 is 2.71 bits per heavy atom. The van der Waals surface area contributed by atoms with Gasteiger partial charge in [-0.1, -0.05) is 0 Å². The Hall–Kier alpha value is -1.29. The fraction of sp³-hybridized carbons (Fsp3) is 0.400. The van der Waals surface area contributed by atoms with E-state index in [1.165, 1.54) is 12.1 Å². The van der Waals surface area contributed by atoms with E-state index in [4.69, 9.17) is 15.2 Å². The molecule has 1 aromatic rings. The number of halogens is 1. The Labute approximate surface area is 82.6 Å². The molecule has 78 valence electrons. The van der Waals surface area contributed by atoms with Crippen molar-refractivity contribution in [1.82, 2.24) is 0 Å². The van der Waals surface area contributed by atoms with Gasteiger partial charge in [-0.05, 0) is 6.07 Å². The molecule has 2 N–H and O–H groups in total. The smallest absolute Gasteiger partial charge is 0.128 e. The van der Waals surface area contributed by atoms with E-state index in [1.54, 1.807) is 13.2 Å².